The minimum atomic E-state index is 0.569. The van der Waals surface area contributed by atoms with Gasteiger partial charge in [0.1, 0.15) is 0 Å². The normalized spacial score (nSPS) is 9.64. The molecule has 2 aromatic carbocycles. The van der Waals surface area contributed by atoms with Gasteiger partial charge in [0.15, 0.2) is 11.5 Å². The van der Waals surface area contributed by atoms with Crippen molar-refractivity contribution in [3.63, 3.8) is 0 Å². The molecule has 0 aromatic heterocycles. The van der Waals surface area contributed by atoms with Gasteiger partial charge in [0.2, 0.25) is 5.75 Å². The van der Waals surface area contributed by atoms with Gasteiger partial charge in [-0.15, -0.1) is 11.8 Å². The topological polar surface area (TPSA) is 27.7 Å². The first-order chi connectivity index (χ1) is 10.7. The van der Waals surface area contributed by atoms with Crippen molar-refractivity contribution in [3.05, 3.63) is 47.5 Å². The zero-order chi connectivity index (χ0) is 15.9. The maximum absolute atomic E-state index is 5.33. The molecule has 0 saturated heterocycles. The number of benzene rings is 2. The smallest absolute Gasteiger partial charge is 0.203 e. The van der Waals surface area contributed by atoms with Gasteiger partial charge in [-0.2, -0.15) is 0 Å². The molecule has 0 amide bonds. The second-order valence-electron chi connectivity index (χ2n) is 4.39. The molecule has 0 N–H and O–H groups in total. The lowest BCUT2D eigenvalue weighted by atomic mass is 10.1. The summed E-state index contributed by atoms with van der Waals surface area (Å²) < 4.78 is 16.0. The fraction of sp³-hybridized carbons (Fsp3) is 0.222. The summed E-state index contributed by atoms with van der Waals surface area (Å²) in [6.45, 7) is 0. The van der Waals surface area contributed by atoms with E-state index in [1.807, 2.05) is 24.3 Å². The summed E-state index contributed by atoms with van der Waals surface area (Å²) in [6, 6.07) is 11.8. The third kappa shape index (κ3) is 3.69. The predicted octanol–water partition coefficient (Wildman–Crippen LogP) is 3.83. The molecule has 4 heteroatoms. The van der Waals surface area contributed by atoms with Crippen molar-refractivity contribution in [2.45, 2.75) is 4.90 Å². The maximum atomic E-state index is 5.33. The fourth-order valence-electron chi connectivity index (χ4n) is 1.97. The van der Waals surface area contributed by atoms with E-state index in [2.05, 4.69) is 30.2 Å². The largest absolute Gasteiger partial charge is 0.493 e. The number of rotatable bonds is 4. The van der Waals surface area contributed by atoms with E-state index < -0.39 is 0 Å². The van der Waals surface area contributed by atoms with Crippen LogP contribution >= 0.6 is 11.8 Å². The van der Waals surface area contributed by atoms with Crippen molar-refractivity contribution < 1.29 is 14.2 Å². The predicted molar refractivity (Wildman–Crippen MR) is 90.3 cm³/mol. The number of thioether (sulfide) groups is 1. The molecule has 0 unspecified atom stereocenters. The zero-order valence-electron chi connectivity index (χ0n) is 13.1. The van der Waals surface area contributed by atoms with Gasteiger partial charge < -0.3 is 14.2 Å². The average molecular weight is 314 g/mol. The minimum absolute atomic E-state index is 0.569. The Hall–Kier alpha value is -2.25. The first-order valence-corrected chi connectivity index (χ1v) is 7.90. The summed E-state index contributed by atoms with van der Waals surface area (Å²) >= 11 is 1.71. The molecule has 114 valence electrons. The fourth-order valence-corrected chi connectivity index (χ4v) is 2.38. The number of hydrogen-bond acceptors (Lipinski definition) is 4. The Kier molecular flexibility index (Phi) is 5.62. The van der Waals surface area contributed by atoms with Crippen molar-refractivity contribution in [1.29, 1.82) is 0 Å². The summed E-state index contributed by atoms with van der Waals surface area (Å²) in [5.41, 5.74) is 1.77. The monoisotopic (exact) mass is 314 g/mol. The zero-order valence-corrected chi connectivity index (χ0v) is 13.9. The molecule has 0 atom stereocenters. The van der Waals surface area contributed by atoms with Crippen molar-refractivity contribution in [2.24, 2.45) is 0 Å². The molecule has 0 aliphatic heterocycles. The number of hydrogen-bond donors (Lipinski definition) is 0. The highest BCUT2D eigenvalue weighted by molar-refractivity contribution is 7.98. The third-order valence-corrected chi connectivity index (χ3v) is 3.85. The molecule has 0 heterocycles. The molecule has 3 nitrogen and oxygen atoms in total. The van der Waals surface area contributed by atoms with Gasteiger partial charge in [-0.05, 0) is 42.7 Å². The highest BCUT2D eigenvalue weighted by Gasteiger charge is 2.12. The molecule has 0 bridgehead atoms. The number of methoxy groups -OCH3 is 3. The van der Waals surface area contributed by atoms with Crippen LogP contribution in [0.4, 0.5) is 0 Å². The van der Waals surface area contributed by atoms with Gasteiger partial charge in [0, 0.05) is 16.0 Å². The molecule has 0 spiro atoms. The molecule has 0 aliphatic rings. The Morgan fingerprint density at radius 1 is 0.773 bits per heavy atom. The van der Waals surface area contributed by atoms with Crippen LogP contribution in [0.2, 0.25) is 0 Å². The first kappa shape index (κ1) is 16.1. The van der Waals surface area contributed by atoms with Crippen LogP contribution in [0.1, 0.15) is 11.1 Å². The summed E-state index contributed by atoms with van der Waals surface area (Å²) in [6.07, 6.45) is 2.05. The van der Waals surface area contributed by atoms with Crippen molar-refractivity contribution in [2.75, 3.05) is 27.6 Å². The molecular formula is C18H18O3S. The van der Waals surface area contributed by atoms with E-state index in [0.29, 0.717) is 17.2 Å². The van der Waals surface area contributed by atoms with E-state index in [1.165, 1.54) is 4.90 Å². The van der Waals surface area contributed by atoms with Crippen LogP contribution in [0.5, 0.6) is 17.2 Å². The van der Waals surface area contributed by atoms with E-state index in [4.69, 9.17) is 14.2 Å². The van der Waals surface area contributed by atoms with E-state index in [9.17, 15) is 0 Å². The van der Waals surface area contributed by atoms with Crippen LogP contribution in [0, 0.1) is 11.8 Å². The Labute approximate surface area is 135 Å². The SMILES string of the molecule is COc1cc(C#Cc2ccc(SC)cc2)cc(OC)c1OC. The Balaban J connectivity index is 2.35. The van der Waals surface area contributed by atoms with E-state index in [-0.39, 0.29) is 0 Å². The molecule has 0 aliphatic carbocycles. The van der Waals surface area contributed by atoms with Gasteiger partial charge in [0.05, 0.1) is 21.3 Å². The van der Waals surface area contributed by atoms with Gasteiger partial charge in [-0.25, -0.2) is 0 Å². The quantitative estimate of drug-likeness (QED) is 0.633. The third-order valence-electron chi connectivity index (χ3n) is 3.11. The lowest BCUT2D eigenvalue weighted by Gasteiger charge is -2.12. The molecular weight excluding hydrogens is 296 g/mol. The van der Waals surface area contributed by atoms with Gasteiger partial charge in [-0.3, -0.25) is 0 Å². The van der Waals surface area contributed by atoms with E-state index in [0.717, 1.165) is 11.1 Å². The summed E-state index contributed by atoms with van der Waals surface area (Å²) in [4.78, 5) is 1.22. The van der Waals surface area contributed by atoms with E-state index >= 15 is 0 Å². The highest BCUT2D eigenvalue weighted by Crippen LogP contribution is 2.37. The minimum Gasteiger partial charge on any atom is -0.493 e. The number of ether oxygens (including phenoxy) is 3. The standard InChI is InChI=1S/C18H18O3S/c1-19-16-11-14(12-17(20-2)18(16)21-3)6-5-13-7-9-15(22-4)10-8-13/h7-12H,1-4H3. The molecule has 0 fully saturated rings. The Bertz CT molecular complexity index is 672. The molecule has 2 aromatic rings. The molecule has 0 saturated carbocycles. The van der Waals surface area contributed by atoms with Crippen molar-refractivity contribution in [1.82, 2.24) is 0 Å². The Morgan fingerprint density at radius 2 is 1.32 bits per heavy atom. The molecule has 22 heavy (non-hydrogen) atoms. The van der Waals surface area contributed by atoms with Crippen LogP contribution in [0.15, 0.2) is 41.3 Å². The highest BCUT2D eigenvalue weighted by atomic mass is 32.2. The second kappa shape index (κ2) is 7.67. The summed E-state index contributed by atoms with van der Waals surface area (Å²) in [5, 5.41) is 0. The van der Waals surface area contributed by atoms with Crippen LogP contribution in [-0.4, -0.2) is 27.6 Å². The average Bonchev–Trinajstić information content (AvgIpc) is 2.59. The Morgan fingerprint density at radius 3 is 1.77 bits per heavy atom. The van der Waals surface area contributed by atoms with Crippen LogP contribution in [0.25, 0.3) is 0 Å². The van der Waals surface area contributed by atoms with Crippen molar-refractivity contribution >= 4 is 11.8 Å². The summed E-state index contributed by atoms with van der Waals surface area (Å²) in [7, 11) is 4.77. The van der Waals surface area contributed by atoms with Gasteiger partial charge in [-0.1, -0.05) is 11.8 Å². The second-order valence-corrected chi connectivity index (χ2v) is 5.27. The molecule has 0 radical (unpaired) electrons. The van der Waals surface area contributed by atoms with Gasteiger partial charge >= 0.3 is 0 Å². The lowest BCUT2D eigenvalue weighted by Crippen LogP contribution is -1.95. The van der Waals surface area contributed by atoms with Crippen LogP contribution < -0.4 is 14.2 Å². The first-order valence-electron chi connectivity index (χ1n) is 6.68. The lowest BCUT2D eigenvalue weighted by molar-refractivity contribution is 0.324. The van der Waals surface area contributed by atoms with E-state index in [1.54, 1.807) is 33.1 Å². The maximum Gasteiger partial charge on any atom is 0.203 e. The summed E-state index contributed by atoms with van der Waals surface area (Å²) in [5.74, 6) is 8.04. The van der Waals surface area contributed by atoms with Crippen molar-refractivity contribution in [3.8, 4) is 29.1 Å². The van der Waals surface area contributed by atoms with Crippen LogP contribution in [0.3, 0.4) is 0 Å². The molecule has 2 rings (SSSR count). The van der Waals surface area contributed by atoms with Crippen LogP contribution in [-0.2, 0) is 0 Å². The van der Waals surface area contributed by atoms with Gasteiger partial charge in [0.25, 0.3) is 0 Å².